The molecular formula is C26H31N5O3. The predicted octanol–water partition coefficient (Wildman–Crippen LogP) is 4.26. The van der Waals surface area contributed by atoms with Crippen LogP contribution >= 0.6 is 0 Å². The minimum atomic E-state index is -0.454. The fourth-order valence-corrected chi connectivity index (χ4v) is 3.46. The van der Waals surface area contributed by atoms with Gasteiger partial charge in [0.15, 0.2) is 0 Å². The number of carbonyl (C=O) groups excluding carboxylic acids is 2. The Bertz CT molecular complexity index is 1150. The second-order valence-electron chi connectivity index (χ2n) is 8.01. The van der Waals surface area contributed by atoms with Crippen molar-refractivity contribution in [3.63, 3.8) is 0 Å². The molecule has 0 spiro atoms. The number of anilines is 1. The lowest BCUT2D eigenvalue weighted by atomic mass is 10.1. The van der Waals surface area contributed by atoms with E-state index in [-0.39, 0.29) is 11.9 Å². The van der Waals surface area contributed by atoms with Gasteiger partial charge in [-0.1, -0.05) is 36.4 Å². The zero-order valence-electron chi connectivity index (χ0n) is 19.7. The molecule has 1 aromatic heterocycles. The van der Waals surface area contributed by atoms with Gasteiger partial charge in [-0.25, -0.2) is 10.2 Å². The second-order valence-corrected chi connectivity index (χ2v) is 8.01. The largest absolute Gasteiger partial charge is 0.497 e. The molecule has 8 nitrogen and oxygen atoms in total. The van der Waals surface area contributed by atoms with E-state index in [0.717, 1.165) is 40.7 Å². The number of amides is 3. The molecule has 0 saturated heterocycles. The quantitative estimate of drug-likeness (QED) is 0.217. The van der Waals surface area contributed by atoms with Gasteiger partial charge in [0.2, 0.25) is 0 Å². The van der Waals surface area contributed by atoms with Crippen LogP contribution in [0.5, 0.6) is 5.75 Å². The van der Waals surface area contributed by atoms with E-state index in [4.69, 9.17) is 4.74 Å². The topological polar surface area (TPSA) is 104 Å². The molecule has 2 aromatic carbocycles. The zero-order chi connectivity index (χ0) is 24.3. The van der Waals surface area contributed by atoms with Gasteiger partial charge in [0.25, 0.3) is 5.91 Å². The fraction of sp³-hybridized carbons (Fsp3) is 0.269. The van der Waals surface area contributed by atoms with E-state index < -0.39 is 6.03 Å². The van der Waals surface area contributed by atoms with Crippen molar-refractivity contribution in [2.24, 2.45) is 0 Å². The van der Waals surface area contributed by atoms with Crippen molar-refractivity contribution in [3.05, 3.63) is 71.9 Å². The van der Waals surface area contributed by atoms with E-state index in [1.54, 1.807) is 26.3 Å². The van der Waals surface area contributed by atoms with Crippen molar-refractivity contribution < 1.29 is 14.3 Å². The normalized spacial score (nSPS) is 12.0. The van der Waals surface area contributed by atoms with Crippen molar-refractivity contribution in [1.82, 2.24) is 21.2 Å². The van der Waals surface area contributed by atoms with Crippen LogP contribution in [-0.2, 0) is 4.79 Å². The standard InChI is InChI=1S/C26H31N5O3/c1-18(15-20-10-5-4-6-11-20)25(32)30-31-26(33)28-14-7-9-19(2)29-23-17-22(34-3)16-21-12-8-13-27-24(21)23/h4-6,8,10-13,15-17,19,29H,7,9,14H2,1-3H3,(H,30,32)(H2,28,31,33)/b18-15+. The summed E-state index contributed by atoms with van der Waals surface area (Å²) in [4.78, 5) is 28.6. The molecular weight excluding hydrogens is 430 g/mol. The number of pyridine rings is 1. The summed E-state index contributed by atoms with van der Waals surface area (Å²) in [5.41, 5.74) is 8.00. The lowest BCUT2D eigenvalue weighted by molar-refractivity contribution is -0.118. The van der Waals surface area contributed by atoms with E-state index in [9.17, 15) is 9.59 Å². The summed E-state index contributed by atoms with van der Waals surface area (Å²) in [6.07, 6.45) is 5.12. The van der Waals surface area contributed by atoms with Crippen LogP contribution in [0.3, 0.4) is 0 Å². The molecule has 1 atom stereocenters. The average molecular weight is 462 g/mol. The number of nitrogens with one attached hydrogen (secondary N) is 4. The number of hydrogen-bond donors (Lipinski definition) is 4. The Morgan fingerprint density at radius 2 is 1.88 bits per heavy atom. The van der Waals surface area contributed by atoms with Gasteiger partial charge in [-0.2, -0.15) is 0 Å². The van der Waals surface area contributed by atoms with Crippen LogP contribution in [-0.4, -0.2) is 36.6 Å². The Hall–Kier alpha value is -4.07. The minimum Gasteiger partial charge on any atom is -0.497 e. The summed E-state index contributed by atoms with van der Waals surface area (Å²) in [6, 6.07) is 17.0. The van der Waals surface area contributed by atoms with Crippen LogP contribution in [0.25, 0.3) is 17.0 Å². The maximum Gasteiger partial charge on any atom is 0.333 e. The number of benzene rings is 2. The summed E-state index contributed by atoms with van der Waals surface area (Å²) < 4.78 is 5.40. The highest BCUT2D eigenvalue weighted by Crippen LogP contribution is 2.28. The van der Waals surface area contributed by atoms with Gasteiger partial charge in [-0.05, 0) is 50.5 Å². The molecule has 0 bridgehead atoms. The van der Waals surface area contributed by atoms with Gasteiger partial charge in [-0.3, -0.25) is 15.2 Å². The van der Waals surface area contributed by atoms with Crippen LogP contribution in [0.2, 0.25) is 0 Å². The third-order valence-corrected chi connectivity index (χ3v) is 5.25. The number of hydrazine groups is 1. The molecule has 0 aliphatic carbocycles. The fourth-order valence-electron chi connectivity index (χ4n) is 3.46. The Kier molecular flexibility index (Phi) is 8.85. The first-order chi connectivity index (χ1) is 16.5. The Labute approximate surface area is 199 Å². The SMILES string of the molecule is COc1cc(NC(C)CCCNC(=O)NNC(=O)/C(C)=C/c2ccccc2)c2ncccc2c1. The van der Waals surface area contributed by atoms with Crippen LogP contribution in [0.1, 0.15) is 32.3 Å². The van der Waals surface area contributed by atoms with Crippen molar-refractivity contribution in [2.45, 2.75) is 32.7 Å². The maximum atomic E-state index is 12.1. The molecule has 178 valence electrons. The number of aromatic nitrogens is 1. The zero-order valence-corrected chi connectivity index (χ0v) is 19.7. The van der Waals surface area contributed by atoms with E-state index in [2.05, 4.69) is 33.4 Å². The number of fused-ring (bicyclic) bond motifs is 1. The van der Waals surface area contributed by atoms with E-state index in [1.165, 1.54) is 0 Å². The summed E-state index contributed by atoms with van der Waals surface area (Å²) in [7, 11) is 1.64. The molecule has 4 N–H and O–H groups in total. The molecule has 1 heterocycles. The van der Waals surface area contributed by atoms with Gasteiger partial charge in [0, 0.05) is 35.8 Å². The predicted molar refractivity (Wildman–Crippen MR) is 135 cm³/mol. The molecule has 0 aliphatic heterocycles. The van der Waals surface area contributed by atoms with Gasteiger partial charge in [-0.15, -0.1) is 0 Å². The lowest BCUT2D eigenvalue weighted by Gasteiger charge is -2.17. The van der Waals surface area contributed by atoms with E-state index in [1.807, 2.05) is 54.6 Å². The molecule has 3 rings (SSSR count). The summed E-state index contributed by atoms with van der Waals surface area (Å²) in [6.45, 7) is 4.25. The number of carbonyl (C=O) groups is 2. The molecule has 0 saturated carbocycles. The summed E-state index contributed by atoms with van der Waals surface area (Å²) in [5.74, 6) is 0.403. The Balaban J connectivity index is 1.39. The molecule has 3 amide bonds. The van der Waals surface area contributed by atoms with Gasteiger partial charge < -0.3 is 15.4 Å². The number of methoxy groups -OCH3 is 1. The van der Waals surface area contributed by atoms with E-state index >= 15 is 0 Å². The van der Waals surface area contributed by atoms with Crippen LogP contribution in [0.15, 0.2) is 66.4 Å². The van der Waals surface area contributed by atoms with E-state index in [0.29, 0.717) is 12.1 Å². The van der Waals surface area contributed by atoms with Crippen molar-refractivity contribution >= 4 is 34.6 Å². The lowest BCUT2D eigenvalue weighted by Crippen LogP contribution is -2.47. The number of ether oxygens (including phenoxy) is 1. The van der Waals surface area contributed by atoms with Crippen LogP contribution < -0.4 is 26.2 Å². The van der Waals surface area contributed by atoms with Crippen LogP contribution in [0.4, 0.5) is 10.5 Å². The molecule has 0 radical (unpaired) electrons. The Morgan fingerprint density at radius 1 is 1.09 bits per heavy atom. The van der Waals surface area contributed by atoms with Crippen LogP contribution in [0, 0.1) is 0 Å². The third-order valence-electron chi connectivity index (χ3n) is 5.25. The number of urea groups is 1. The smallest absolute Gasteiger partial charge is 0.333 e. The summed E-state index contributed by atoms with van der Waals surface area (Å²) >= 11 is 0. The average Bonchev–Trinajstić information content (AvgIpc) is 2.85. The Morgan fingerprint density at radius 3 is 2.65 bits per heavy atom. The molecule has 34 heavy (non-hydrogen) atoms. The highest BCUT2D eigenvalue weighted by Gasteiger charge is 2.10. The first kappa shape index (κ1) is 24.6. The molecule has 0 fully saturated rings. The van der Waals surface area contributed by atoms with Gasteiger partial charge in [0.05, 0.1) is 18.3 Å². The van der Waals surface area contributed by atoms with Crippen molar-refractivity contribution in [1.29, 1.82) is 0 Å². The highest BCUT2D eigenvalue weighted by molar-refractivity contribution is 5.98. The highest BCUT2D eigenvalue weighted by atomic mass is 16.5. The third kappa shape index (κ3) is 7.23. The van der Waals surface area contributed by atoms with Gasteiger partial charge in [0.1, 0.15) is 5.75 Å². The number of rotatable bonds is 9. The first-order valence-corrected chi connectivity index (χ1v) is 11.2. The van der Waals surface area contributed by atoms with Crippen molar-refractivity contribution in [2.75, 3.05) is 19.0 Å². The first-order valence-electron chi connectivity index (χ1n) is 11.2. The second kappa shape index (κ2) is 12.2. The number of hydrogen-bond acceptors (Lipinski definition) is 5. The molecule has 8 heteroatoms. The van der Waals surface area contributed by atoms with Gasteiger partial charge >= 0.3 is 6.03 Å². The molecule has 0 aliphatic rings. The monoisotopic (exact) mass is 461 g/mol. The number of nitrogens with zero attached hydrogens (tertiary/aromatic N) is 1. The summed E-state index contributed by atoms with van der Waals surface area (Å²) in [5, 5.41) is 7.24. The van der Waals surface area contributed by atoms with Crippen molar-refractivity contribution in [3.8, 4) is 5.75 Å². The molecule has 3 aromatic rings. The molecule has 1 unspecified atom stereocenters. The maximum absolute atomic E-state index is 12.1. The minimum absolute atomic E-state index is 0.160.